The minimum atomic E-state index is -0.561. The second-order valence-electron chi connectivity index (χ2n) is 5.06. The van der Waals surface area contributed by atoms with Gasteiger partial charge in [-0.05, 0) is 26.2 Å². The molecule has 0 aliphatic rings. The van der Waals surface area contributed by atoms with Gasteiger partial charge in [0.05, 0.1) is 0 Å². The smallest absolute Gasteiger partial charge is 0.164 e. The number of ketones is 1. The van der Waals surface area contributed by atoms with Crippen molar-refractivity contribution in [2.75, 3.05) is 6.61 Å². The van der Waals surface area contributed by atoms with Gasteiger partial charge in [0.2, 0.25) is 0 Å². The molecule has 2 unspecified atom stereocenters. The van der Waals surface area contributed by atoms with Gasteiger partial charge in [0.15, 0.2) is 5.78 Å². The second kappa shape index (κ2) is 8.68. The molecule has 0 saturated carbocycles. The maximum atomic E-state index is 12.3. The molecule has 0 heterocycles. The fourth-order valence-corrected chi connectivity index (χ4v) is 2.12. The number of hydrogen-bond donors (Lipinski definition) is 0. The second-order valence-corrected chi connectivity index (χ2v) is 5.06. The number of rotatable bonds is 10. The summed E-state index contributed by atoms with van der Waals surface area (Å²) in [6, 6.07) is 0. The Morgan fingerprint density at radius 3 is 2.29 bits per heavy atom. The fourth-order valence-electron chi connectivity index (χ4n) is 2.12. The number of hydrogen-bond acceptors (Lipinski definition) is 2. The lowest BCUT2D eigenvalue weighted by Crippen LogP contribution is -2.38. The van der Waals surface area contributed by atoms with Crippen LogP contribution >= 0.6 is 0 Å². The first-order chi connectivity index (χ1) is 8.03. The van der Waals surface area contributed by atoms with Crippen molar-refractivity contribution < 1.29 is 9.53 Å². The van der Waals surface area contributed by atoms with E-state index in [0.717, 1.165) is 12.8 Å². The van der Waals surface area contributed by atoms with Crippen molar-refractivity contribution in [3.05, 3.63) is 0 Å². The van der Waals surface area contributed by atoms with E-state index in [2.05, 4.69) is 13.8 Å². The summed E-state index contributed by atoms with van der Waals surface area (Å²) in [6.07, 6.45) is 6.15. The predicted octanol–water partition coefficient (Wildman–Crippen LogP) is 4.37. The van der Waals surface area contributed by atoms with E-state index in [0.29, 0.717) is 18.9 Å². The van der Waals surface area contributed by atoms with Gasteiger partial charge in [0.25, 0.3) is 0 Å². The lowest BCUT2D eigenvalue weighted by atomic mass is 9.86. The lowest BCUT2D eigenvalue weighted by Gasteiger charge is -2.28. The lowest BCUT2D eigenvalue weighted by molar-refractivity contribution is -0.143. The number of carbonyl (C=O) groups excluding carboxylic acids is 1. The molecule has 2 atom stereocenters. The Bertz CT molecular complexity index is 213. The molecule has 0 radical (unpaired) electrons. The van der Waals surface area contributed by atoms with Crippen LogP contribution < -0.4 is 0 Å². The summed E-state index contributed by atoms with van der Waals surface area (Å²) in [5, 5.41) is 0. The molecule has 0 rings (SSSR count). The van der Waals surface area contributed by atoms with Crippen LogP contribution in [0.15, 0.2) is 0 Å². The van der Waals surface area contributed by atoms with Gasteiger partial charge in [-0.3, -0.25) is 4.79 Å². The van der Waals surface area contributed by atoms with Crippen LogP contribution in [0.5, 0.6) is 0 Å². The fraction of sp³-hybridized carbons (Fsp3) is 0.933. The predicted molar refractivity (Wildman–Crippen MR) is 73.3 cm³/mol. The van der Waals surface area contributed by atoms with E-state index < -0.39 is 5.60 Å². The molecule has 0 saturated heterocycles. The molecule has 0 bridgehead atoms. The minimum Gasteiger partial charge on any atom is -0.368 e. The normalized spacial score (nSPS) is 16.5. The monoisotopic (exact) mass is 242 g/mol. The van der Waals surface area contributed by atoms with E-state index in [1.165, 1.54) is 19.3 Å². The zero-order chi connectivity index (χ0) is 13.3. The molecule has 2 nitrogen and oxygen atoms in total. The SMILES string of the molecule is CCCCC(CC)CC(=O)C(C)(CC)OCC. The highest BCUT2D eigenvalue weighted by Gasteiger charge is 2.32. The van der Waals surface area contributed by atoms with Crippen LogP contribution in [0.1, 0.15) is 73.1 Å². The Labute approximate surface area is 107 Å². The zero-order valence-corrected chi connectivity index (χ0v) is 12.3. The number of ether oxygens (including phenoxy) is 1. The molecule has 2 heteroatoms. The molecule has 0 amide bonds. The van der Waals surface area contributed by atoms with Crippen LogP contribution in [-0.4, -0.2) is 18.0 Å². The summed E-state index contributed by atoms with van der Waals surface area (Å²) in [6.45, 7) is 10.9. The van der Waals surface area contributed by atoms with Crippen LogP contribution in [0.25, 0.3) is 0 Å². The molecular weight excluding hydrogens is 212 g/mol. The molecule has 17 heavy (non-hydrogen) atoms. The van der Waals surface area contributed by atoms with Gasteiger partial charge in [-0.1, -0.05) is 46.5 Å². The summed E-state index contributed by atoms with van der Waals surface area (Å²) >= 11 is 0. The van der Waals surface area contributed by atoms with Crippen molar-refractivity contribution in [1.29, 1.82) is 0 Å². The highest BCUT2D eigenvalue weighted by atomic mass is 16.5. The van der Waals surface area contributed by atoms with Crippen molar-refractivity contribution in [1.82, 2.24) is 0 Å². The first-order valence-corrected chi connectivity index (χ1v) is 7.21. The quantitative estimate of drug-likeness (QED) is 0.568. The summed E-state index contributed by atoms with van der Waals surface area (Å²) in [5.41, 5.74) is -0.561. The van der Waals surface area contributed by atoms with Gasteiger partial charge in [0.1, 0.15) is 5.60 Å². The molecular formula is C15H30O2. The van der Waals surface area contributed by atoms with Crippen molar-refractivity contribution in [2.24, 2.45) is 5.92 Å². The number of unbranched alkanes of at least 4 members (excludes halogenated alkanes) is 1. The summed E-state index contributed by atoms with van der Waals surface area (Å²) in [4.78, 5) is 12.3. The molecule has 0 aromatic heterocycles. The molecule has 0 fully saturated rings. The standard InChI is InChI=1S/C15H30O2/c1-6-10-11-13(7-2)12-14(16)15(5,8-3)17-9-4/h13H,6-12H2,1-5H3. The Hall–Kier alpha value is -0.370. The van der Waals surface area contributed by atoms with Gasteiger partial charge in [-0.25, -0.2) is 0 Å². The average molecular weight is 242 g/mol. The van der Waals surface area contributed by atoms with E-state index in [-0.39, 0.29) is 5.78 Å². The average Bonchev–Trinajstić information content (AvgIpc) is 2.34. The van der Waals surface area contributed by atoms with Crippen LogP contribution in [0, 0.1) is 5.92 Å². The van der Waals surface area contributed by atoms with Crippen molar-refractivity contribution >= 4 is 5.78 Å². The van der Waals surface area contributed by atoms with E-state index in [9.17, 15) is 4.79 Å². The van der Waals surface area contributed by atoms with Gasteiger partial charge in [0, 0.05) is 13.0 Å². The van der Waals surface area contributed by atoms with Crippen molar-refractivity contribution in [3.63, 3.8) is 0 Å². The van der Waals surface area contributed by atoms with Gasteiger partial charge < -0.3 is 4.74 Å². The van der Waals surface area contributed by atoms with Crippen LogP contribution in [0.2, 0.25) is 0 Å². The van der Waals surface area contributed by atoms with Crippen LogP contribution in [0.3, 0.4) is 0 Å². The van der Waals surface area contributed by atoms with Crippen molar-refractivity contribution in [2.45, 2.75) is 78.7 Å². The minimum absolute atomic E-state index is 0.282. The number of Topliss-reactive ketones (excluding diaryl/α,β-unsaturated/α-hetero) is 1. The van der Waals surface area contributed by atoms with Crippen LogP contribution in [0.4, 0.5) is 0 Å². The molecule has 0 aromatic carbocycles. The highest BCUT2D eigenvalue weighted by Crippen LogP contribution is 2.24. The molecule has 0 aliphatic heterocycles. The summed E-state index contributed by atoms with van der Waals surface area (Å²) < 4.78 is 5.64. The van der Waals surface area contributed by atoms with E-state index in [1.807, 2.05) is 20.8 Å². The Balaban J connectivity index is 4.36. The van der Waals surface area contributed by atoms with E-state index >= 15 is 0 Å². The third-order valence-electron chi connectivity index (χ3n) is 3.74. The van der Waals surface area contributed by atoms with Gasteiger partial charge in [-0.15, -0.1) is 0 Å². The van der Waals surface area contributed by atoms with E-state index in [1.54, 1.807) is 0 Å². The Morgan fingerprint density at radius 2 is 1.88 bits per heavy atom. The molecule has 102 valence electrons. The maximum Gasteiger partial charge on any atom is 0.164 e. The topological polar surface area (TPSA) is 26.3 Å². The molecule has 0 aliphatic carbocycles. The molecule has 0 N–H and O–H groups in total. The third-order valence-corrected chi connectivity index (χ3v) is 3.74. The Kier molecular flexibility index (Phi) is 8.49. The summed E-state index contributed by atoms with van der Waals surface area (Å²) in [5.74, 6) is 0.818. The maximum absolute atomic E-state index is 12.3. The molecule has 0 spiro atoms. The van der Waals surface area contributed by atoms with Gasteiger partial charge >= 0.3 is 0 Å². The first kappa shape index (κ1) is 16.6. The first-order valence-electron chi connectivity index (χ1n) is 7.21. The Morgan fingerprint density at radius 1 is 1.24 bits per heavy atom. The van der Waals surface area contributed by atoms with E-state index in [4.69, 9.17) is 4.74 Å². The molecule has 0 aromatic rings. The van der Waals surface area contributed by atoms with Crippen LogP contribution in [-0.2, 0) is 9.53 Å². The summed E-state index contributed by atoms with van der Waals surface area (Å²) in [7, 11) is 0. The largest absolute Gasteiger partial charge is 0.368 e. The highest BCUT2D eigenvalue weighted by molar-refractivity contribution is 5.87. The van der Waals surface area contributed by atoms with Crippen molar-refractivity contribution in [3.8, 4) is 0 Å². The zero-order valence-electron chi connectivity index (χ0n) is 12.3. The number of carbonyl (C=O) groups is 1. The van der Waals surface area contributed by atoms with Gasteiger partial charge in [-0.2, -0.15) is 0 Å². The third kappa shape index (κ3) is 5.67.